The van der Waals surface area contributed by atoms with Gasteiger partial charge in [-0.1, -0.05) is 17.7 Å². The van der Waals surface area contributed by atoms with Crippen LogP contribution in [0.25, 0.3) is 0 Å². The van der Waals surface area contributed by atoms with Gasteiger partial charge < -0.3 is 0 Å². The molecule has 1 N–H and O–H groups in total. The topological polar surface area (TPSA) is 106 Å². The first kappa shape index (κ1) is 16.1. The van der Waals surface area contributed by atoms with Crippen molar-refractivity contribution in [3.63, 3.8) is 0 Å². The zero-order valence-corrected chi connectivity index (χ0v) is 12.8. The van der Waals surface area contributed by atoms with Gasteiger partial charge >= 0.3 is 0 Å². The number of amides is 1. The van der Waals surface area contributed by atoms with Crippen molar-refractivity contribution < 1.29 is 13.2 Å². The number of pyridine rings is 1. The van der Waals surface area contributed by atoms with Crippen molar-refractivity contribution in [1.29, 1.82) is 0 Å². The summed E-state index contributed by atoms with van der Waals surface area (Å²) in [6.45, 7) is 0. The zero-order valence-electron chi connectivity index (χ0n) is 11.3. The van der Waals surface area contributed by atoms with Gasteiger partial charge in [0.1, 0.15) is 11.6 Å². The van der Waals surface area contributed by atoms with Gasteiger partial charge in [0.25, 0.3) is 5.91 Å². The van der Waals surface area contributed by atoms with Crippen LogP contribution in [0.2, 0.25) is 5.02 Å². The minimum Gasteiger partial charge on any atom is -0.272 e. The molecule has 0 saturated heterocycles. The maximum absolute atomic E-state index is 11.8. The largest absolute Gasteiger partial charge is 0.272 e. The van der Waals surface area contributed by atoms with E-state index < -0.39 is 27.4 Å². The molecule has 1 amide bonds. The lowest BCUT2D eigenvalue weighted by Gasteiger charge is -2.03. The van der Waals surface area contributed by atoms with Gasteiger partial charge in [0.2, 0.25) is 0 Å². The van der Waals surface area contributed by atoms with E-state index in [1.165, 1.54) is 18.6 Å². The normalized spacial score (nSPS) is 11.7. The van der Waals surface area contributed by atoms with E-state index in [4.69, 9.17) is 11.6 Å². The lowest BCUT2D eigenvalue weighted by Crippen LogP contribution is -2.28. The summed E-state index contributed by atoms with van der Waals surface area (Å²) in [6, 6.07) is 3.45. The Balaban J connectivity index is 1.87. The number of hydrazone groups is 1. The predicted octanol–water partition coefficient (Wildman–Crippen LogP) is 0.454. The molecule has 2 aromatic heterocycles. The van der Waals surface area contributed by atoms with E-state index in [1.807, 2.05) is 0 Å². The molecule has 0 atom stereocenters. The number of hydrogen-bond donors (Lipinski definition) is 1. The first-order chi connectivity index (χ1) is 10.4. The average Bonchev–Trinajstić information content (AvgIpc) is 2.83. The van der Waals surface area contributed by atoms with Crippen molar-refractivity contribution in [3.05, 3.63) is 47.5 Å². The molecule has 8 nitrogen and oxygen atoms in total. The summed E-state index contributed by atoms with van der Waals surface area (Å²) >= 11 is 5.64. The van der Waals surface area contributed by atoms with Crippen LogP contribution < -0.4 is 5.43 Å². The number of nitrogens with one attached hydrogen (secondary N) is 1. The molecule has 0 bridgehead atoms. The standard InChI is InChI=1S/C12H12ClN5O3S/c13-11-6-16-18(7-11)9-22(20,21)8-12(19)17-15-5-10-2-1-3-14-4-10/h1-7H,8-9H2,(H,17,19)/b15-5-. The molecule has 0 spiro atoms. The number of rotatable bonds is 6. The maximum Gasteiger partial charge on any atom is 0.255 e. The third-order valence-corrected chi connectivity index (χ3v) is 3.92. The Morgan fingerprint density at radius 2 is 2.27 bits per heavy atom. The van der Waals surface area contributed by atoms with Crippen molar-refractivity contribution in [1.82, 2.24) is 20.2 Å². The maximum atomic E-state index is 11.8. The molecule has 0 fully saturated rings. The highest BCUT2D eigenvalue weighted by Crippen LogP contribution is 2.06. The number of aromatic nitrogens is 3. The van der Waals surface area contributed by atoms with Gasteiger partial charge in [-0.2, -0.15) is 10.2 Å². The summed E-state index contributed by atoms with van der Waals surface area (Å²) in [5.74, 6) is -1.87. The number of halogens is 1. The monoisotopic (exact) mass is 341 g/mol. The van der Waals surface area contributed by atoms with Crippen molar-refractivity contribution in [3.8, 4) is 0 Å². The van der Waals surface area contributed by atoms with Gasteiger partial charge in [-0.3, -0.25) is 14.5 Å². The fraction of sp³-hybridized carbons (Fsp3) is 0.167. The first-order valence-electron chi connectivity index (χ1n) is 6.05. The highest BCUT2D eigenvalue weighted by Gasteiger charge is 2.17. The van der Waals surface area contributed by atoms with Gasteiger partial charge in [0.05, 0.1) is 17.4 Å². The van der Waals surface area contributed by atoms with Crippen LogP contribution in [-0.2, 0) is 20.5 Å². The molecule has 2 rings (SSSR count). The Bertz CT molecular complexity index is 773. The fourth-order valence-electron chi connectivity index (χ4n) is 1.52. The lowest BCUT2D eigenvalue weighted by molar-refractivity contribution is -0.118. The molecule has 22 heavy (non-hydrogen) atoms. The molecular formula is C12H12ClN5O3S. The van der Waals surface area contributed by atoms with E-state index in [0.717, 1.165) is 4.68 Å². The Labute approximate surface area is 131 Å². The number of hydrogen-bond acceptors (Lipinski definition) is 6. The third-order valence-electron chi connectivity index (χ3n) is 2.37. The predicted molar refractivity (Wildman–Crippen MR) is 81.0 cm³/mol. The Hall–Kier alpha value is -2.26. The SMILES string of the molecule is O=C(CS(=O)(=O)Cn1cc(Cl)cn1)N/N=C\c1cccnc1. The first-order valence-corrected chi connectivity index (χ1v) is 8.25. The number of sulfone groups is 1. The highest BCUT2D eigenvalue weighted by atomic mass is 35.5. The van der Waals surface area contributed by atoms with Gasteiger partial charge in [0, 0.05) is 24.2 Å². The van der Waals surface area contributed by atoms with Gasteiger partial charge in [-0.15, -0.1) is 0 Å². The summed E-state index contributed by atoms with van der Waals surface area (Å²) in [5, 5.41) is 7.73. The van der Waals surface area contributed by atoms with E-state index in [9.17, 15) is 13.2 Å². The van der Waals surface area contributed by atoms with E-state index in [-0.39, 0.29) is 0 Å². The van der Waals surface area contributed by atoms with E-state index in [1.54, 1.807) is 24.5 Å². The summed E-state index contributed by atoms with van der Waals surface area (Å²) in [6.07, 6.45) is 7.19. The van der Waals surface area contributed by atoms with Crippen molar-refractivity contribution in [2.75, 3.05) is 5.75 Å². The van der Waals surface area contributed by atoms with Crippen LogP contribution in [0.3, 0.4) is 0 Å². The molecule has 0 aliphatic heterocycles. The molecule has 0 aromatic carbocycles. The third kappa shape index (κ3) is 5.26. The van der Waals surface area contributed by atoms with Crippen LogP contribution in [-0.4, -0.2) is 41.1 Å². The Morgan fingerprint density at radius 1 is 1.45 bits per heavy atom. The second kappa shape index (κ2) is 7.14. The lowest BCUT2D eigenvalue weighted by atomic mass is 10.3. The molecule has 2 heterocycles. The molecular weight excluding hydrogens is 330 g/mol. The quantitative estimate of drug-likeness (QED) is 0.606. The number of carbonyl (C=O) groups is 1. The minimum atomic E-state index is -3.67. The van der Waals surface area contributed by atoms with Crippen LogP contribution in [0.1, 0.15) is 5.56 Å². The van der Waals surface area contributed by atoms with Crippen molar-refractivity contribution >= 4 is 33.6 Å². The Kier molecular flexibility index (Phi) is 5.23. The summed E-state index contributed by atoms with van der Waals surface area (Å²) in [5.41, 5.74) is 2.82. The van der Waals surface area contributed by atoms with Crippen LogP contribution >= 0.6 is 11.6 Å². The fourth-order valence-corrected chi connectivity index (χ4v) is 2.78. The molecule has 0 unspecified atom stereocenters. The smallest absolute Gasteiger partial charge is 0.255 e. The molecule has 0 aliphatic rings. The zero-order chi connectivity index (χ0) is 16.0. The summed E-state index contributed by atoms with van der Waals surface area (Å²) in [4.78, 5) is 15.4. The number of nitrogens with zero attached hydrogens (tertiary/aromatic N) is 4. The second-order valence-corrected chi connectivity index (χ2v) is 6.77. The molecule has 0 saturated carbocycles. The van der Waals surface area contributed by atoms with E-state index >= 15 is 0 Å². The molecule has 0 aliphatic carbocycles. The van der Waals surface area contributed by atoms with Crippen LogP contribution in [0, 0.1) is 0 Å². The average molecular weight is 342 g/mol. The van der Waals surface area contributed by atoms with Gasteiger partial charge in [-0.25, -0.2) is 13.8 Å². The number of carbonyl (C=O) groups excluding carboxylic acids is 1. The van der Waals surface area contributed by atoms with E-state index in [0.29, 0.717) is 10.6 Å². The van der Waals surface area contributed by atoms with Crippen molar-refractivity contribution in [2.24, 2.45) is 5.10 Å². The molecule has 2 aromatic rings. The second-order valence-electron chi connectivity index (χ2n) is 4.29. The van der Waals surface area contributed by atoms with Gasteiger partial charge in [0.15, 0.2) is 9.84 Å². The highest BCUT2D eigenvalue weighted by molar-refractivity contribution is 7.91. The molecule has 10 heteroatoms. The van der Waals surface area contributed by atoms with Crippen LogP contribution in [0.15, 0.2) is 42.0 Å². The van der Waals surface area contributed by atoms with Gasteiger partial charge in [-0.05, 0) is 6.07 Å². The van der Waals surface area contributed by atoms with Crippen LogP contribution in [0.5, 0.6) is 0 Å². The minimum absolute atomic E-state index is 0.320. The van der Waals surface area contributed by atoms with Crippen molar-refractivity contribution in [2.45, 2.75) is 5.88 Å². The Morgan fingerprint density at radius 3 is 2.91 bits per heavy atom. The molecule has 0 radical (unpaired) electrons. The summed E-state index contributed by atoms with van der Waals surface area (Å²) < 4.78 is 24.8. The molecule has 116 valence electrons. The summed E-state index contributed by atoms with van der Waals surface area (Å²) in [7, 11) is -3.67. The van der Waals surface area contributed by atoms with Crippen LogP contribution in [0.4, 0.5) is 0 Å². The van der Waals surface area contributed by atoms with E-state index in [2.05, 4.69) is 20.6 Å².